The number of carbonyl (C=O) groups excluding carboxylic acids is 1. The molecule has 0 aliphatic carbocycles. The molecule has 0 saturated carbocycles. The second-order valence-corrected chi connectivity index (χ2v) is 4.52. The molecule has 148 valence electrons. The number of nitrogens with zero attached hydrogens (tertiary/aromatic N) is 2. The first kappa shape index (κ1) is 25.0. The Hall–Kier alpha value is -2.25. The molecule has 0 unspecified atom stereocenters. The predicted molar refractivity (Wildman–Crippen MR) is 70.9 cm³/mol. The smallest absolute Gasteiger partial charge is 0.475 e. The number of urea groups is 1. The molecule has 0 aromatic rings. The number of piperazine rings is 1. The minimum atomic E-state index is -5.08. The molecule has 2 amide bonds. The normalized spacial score (nSPS) is 14.3. The summed E-state index contributed by atoms with van der Waals surface area (Å²) in [6.07, 6.45) is -10.2. The second kappa shape index (κ2) is 10.6. The van der Waals surface area contributed by atoms with Crippen molar-refractivity contribution in [3.05, 3.63) is 0 Å². The van der Waals surface area contributed by atoms with Crippen LogP contribution in [0, 0.1) is 0 Å². The van der Waals surface area contributed by atoms with E-state index in [1.54, 1.807) is 19.0 Å². The van der Waals surface area contributed by atoms with Crippen molar-refractivity contribution >= 4 is 18.0 Å². The predicted octanol–water partition coefficient (Wildman–Crippen LogP) is 0.840. The standard InChI is InChI=1S/C7H15N3O.2C2HF3O2/c1-9(2)7(11)10-5-3-8-4-6-10;2*3-2(4,5)1(6)7/h8H,3-6H2,1-2H3;2*(H,6,7). The van der Waals surface area contributed by atoms with Crippen LogP contribution in [0.15, 0.2) is 0 Å². The molecular weight excluding hydrogens is 368 g/mol. The van der Waals surface area contributed by atoms with Crippen molar-refractivity contribution in [1.82, 2.24) is 15.1 Å². The number of hydrogen-bond donors (Lipinski definition) is 3. The number of rotatable bonds is 0. The Morgan fingerprint density at radius 1 is 0.880 bits per heavy atom. The van der Waals surface area contributed by atoms with E-state index in [1.807, 2.05) is 4.90 Å². The summed E-state index contributed by atoms with van der Waals surface area (Å²) >= 11 is 0. The van der Waals surface area contributed by atoms with E-state index in [4.69, 9.17) is 19.8 Å². The maximum absolute atomic E-state index is 11.3. The van der Waals surface area contributed by atoms with Crippen LogP contribution in [-0.4, -0.2) is 90.6 Å². The molecule has 0 radical (unpaired) electrons. The first-order chi connectivity index (χ1) is 11.1. The highest BCUT2D eigenvalue weighted by molar-refractivity contribution is 5.74. The summed E-state index contributed by atoms with van der Waals surface area (Å²) in [5.74, 6) is -5.51. The van der Waals surface area contributed by atoms with Crippen molar-refractivity contribution in [3.63, 3.8) is 0 Å². The quantitative estimate of drug-likeness (QED) is 0.533. The van der Waals surface area contributed by atoms with Crippen LogP contribution < -0.4 is 5.32 Å². The van der Waals surface area contributed by atoms with Gasteiger partial charge in [0.2, 0.25) is 0 Å². The average Bonchev–Trinajstić information content (AvgIpc) is 2.46. The van der Waals surface area contributed by atoms with Gasteiger partial charge in [-0.25, -0.2) is 14.4 Å². The highest BCUT2D eigenvalue weighted by Crippen LogP contribution is 2.13. The van der Waals surface area contributed by atoms with Gasteiger partial charge in [-0.15, -0.1) is 0 Å². The Balaban J connectivity index is 0. The van der Waals surface area contributed by atoms with Crippen molar-refractivity contribution in [1.29, 1.82) is 0 Å². The lowest BCUT2D eigenvalue weighted by molar-refractivity contribution is -0.193. The van der Waals surface area contributed by atoms with Gasteiger partial charge in [0.05, 0.1) is 0 Å². The lowest BCUT2D eigenvalue weighted by atomic mass is 10.4. The summed E-state index contributed by atoms with van der Waals surface area (Å²) in [6.45, 7) is 3.49. The van der Waals surface area contributed by atoms with E-state index in [2.05, 4.69) is 5.32 Å². The first-order valence-corrected chi connectivity index (χ1v) is 6.37. The van der Waals surface area contributed by atoms with Gasteiger partial charge in [0.15, 0.2) is 0 Å². The van der Waals surface area contributed by atoms with Gasteiger partial charge in [-0.1, -0.05) is 0 Å². The van der Waals surface area contributed by atoms with E-state index >= 15 is 0 Å². The Morgan fingerprint density at radius 2 is 1.16 bits per heavy atom. The number of halogens is 6. The third kappa shape index (κ3) is 12.8. The molecule has 0 spiro atoms. The van der Waals surface area contributed by atoms with Crippen LogP contribution in [0.1, 0.15) is 0 Å². The van der Waals surface area contributed by atoms with Gasteiger partial charge < -0.3 is 25.3 Å². The fraction of sp³-hybridized carbons (Fsp3) is 0.727. The van der Waals surface area contributed by atoms with Gasteiger partial charge in [0.1, 0.15) is 0 Å². The molecule has 25 heavy (non-hydrogen) atoms. The maximum Gasteiger partial charge on any atom is 0.490 e. The van der Waals surface area contributed by atoms with Crippen molar-refractivity contribution in [2.24, 2.45) is 0 Å². The summed E-state index contributed by atoms with van der Waals surface area (Å²) in [4.78, 5) is 32.6. The number of carboxylic acids is 2. The van der Waals surface area contributed by atoms with Gasteiger partial charge in [-0.3, -0.25) is 0 Å². The van der Waals surface area contributed by atoms with Gasteiger partial charge in [-0.05, 0) is 0 Å². The lowest BCUT2D eigenvalue weighted by Gasteiger charge is -2.29. The van der Waals surface area contributed by atoms with Gasteiger partial charge in [0, 0.05) is 40.3 Å². The fourth-order valence-corrected chi connectivity index (χ4v) is 1.14. The Bertz CT molecular complexity index is 422. The Kier molecular flexibility index (Phi) is 10.6. The molecule has 8 nitrogen and oxygen atoms in total. The van der Waals surface area contributed by atoms with E-state index in [0.717, 1.165) is 26.2 Å². The minimum absolute atomic E-state index is 0.117. The molecule has 3 N–H and O–H groups in total. The molecular formula is C11H17F6N3O5. The Labute approximate surface area is 138 Å². The molecule has 1 rings (SSSR count). The maximum atomic E-state index is 11.3. The number of carbonyl (C=O) groups is 3. The van der Waals surface area contributed by atoms with Crippen LogP contribution in [0.2, 0.25) is 0 Å². The molecule has 0 aromatic carbocycles. The van der Waals surface area contributed by atoms with E-state index in [1.165, 1.54) is 0 Å². The Morgan fingerprint density at radius 3 is 1.36 bits per heavy atom. The first-order valence-electron chi connectivity index (χ1n) is 6.37. The van der Waals surface area contributed by atoms with Gasteiger partial charge in [0.25, 0.3) is 0 Å². The molecule has 1 heterocycles. The average molecular weight is 385 g/mol. The van der Waals surface area contributed by atoms with Crippen LogP contribution >= 0.6 is 0 Å². The summed E-state index contributed by atoms with van der Waals surface area (Å²) in [5, 5.41) is 17.4. The van der Waals surface area contributed by atoms with Crippen LogP contribution in [0.25, 0.3) is 0 Å². The van der Waals surface area contributed by atoms with Crippen LogP contribution in [-0.2, 0) is 9.59 Å². The second-order valence-electron chi connectivity index (χ2n) is 4.52. The van der Waals surface area contributed by atoms with E-state index < -0.39 is 24.3 Å². The molecule has 1 aliphatic heterocycles. The fourth-order valence-electron chi connectivity index (χ4n) is 1.14. The number of nitrogens with one attached hydrogen (secondary N) is 1. The highest BCUT2D eigenvalue weighted by atomic mass is 19.4. The van der Waals surface area contributed by atoms with Crippen molar-refractivity contribution < 1.29 is 50.9 Å². The molecule has 1 saturated heterocycles. The van der Waals surface area contributed by atoms with Crippen LogP contribution in [0.4, 0.5) is 31.1 Å². The van der Waals surface area contributed by atoms with Crippen molar-refractivity contribution in [2.45, 2.75) is 12.4 Å². The van der Waals surface area contributed by atoms with Gasteiger partial charge >= 0.3 is 30.3 Å². The molecule has 14 heteroatoms. The number of amides is 2. The number of hydrogen-bond acceptors (Lipinski definition) is 4. The van der Waals surface area contributed by atoms with E-state index in [-0.39, 0.29) is 6.03 Å². The molecule has 0 atom stereocenters. The summed E-state index contributed by atoms with van der Waals surface area (Å²) in [7, 11) is 3.56. The van der Waals surface area contributed by atoms with E-state index in [0.29, 0.717) is 0 Å². The highest BCUT2D eigenvalue weighted by Gasteiger charge is 2.38. The van der Waals surface area contributed by atoms with Crippen LogP contribution in [0.3, 0.4) is 0 Å². The zero-order chi connectivity index (χ0) is 20.4. The largest absolute Gasteiger partial charge is 0.490 e. The molecule has 1 fully saturated rings. The number of aliphatic carboxylic acids is 2. The van der Waals surface area contributed by atoms with Gasteiger partial charge in [-0.2, -0.15) is 26.3 Å². The SMILES string of the molecule is CN(C)C(=O)N1CCNCC1.O=C(O)C(F)(F)F.O=C(O)C(F)(F)F. The molecule has 0 bridgehead atoms. The third-order valence-electron chi connectivity index (χ3n) is 2.26. The van der Waals surface area contributed by atoms with Crippen molar-refractivity contribution in [3.8, 4) is 0 Å². The minimum Gasteiger partial charge on any atom is -0.475 e. The monoisotopic (exact) mass is 385 g/mol. The lowest BCUT2D eigenvalue weighted by Crippen LogP contribution is -2.49. The topological polar surface area (TPSA) is 110 Å². The zero-order valence-electron chi connectivity index (χ0n) is 13.1. The molecule has 0 aromatic heterocycles. The van der Waals surface area contributed by atoms with Crippen molar-refractivity contribution in [2.75, 3.05) is 40.3 Å². The third-order valence-corrected chi connectivity index (χ3v) is 2.26. The number of alkyl halides is 6. The molecule has 1 aliphatic rings. The van der Waals surface area contributed by atoms with Crippen LogP contribution in [0.5, 0.6) is 0 Å². The summed E-state index contributed by atoms with van der Waals surface area (Å²) < 4.78 is 63.5. The zero-order valence-corrected chi connectivity index (χ0v) is 13.1. The van der Waals surface area contributed by atoms with E-state index in [9.17, 15) is 31.1 Å². The number of carboxylic acid groups (broad SMARTS) is 2. The summed E-state index contributed by atoms with van der Waals surface area (Å²) in [5.41, 5.74) is 0. The summed E-state index contributed by atoms with van der Waals surface area (Å²) in [6, 6.07) is 0.117.